The summed E-state index contributed by atoms with van der Waals surface area (Å²) < 4.78 is 6.26. The first-order valence-electron chi connectivity index (χ1n) is 5.81. The minimum atomic E-state index is -0.561. The molecule has 7 heteroatoms. The Morgan fingerprint density at radius 2 is 1.90 bits per heavy atom. The summed E-state index contributed by atoms with van der Waals surface area (Å²) in [6.07, 6.45) is 0. The van der Waals surface area contributed by atoms with Gasteiger partial charge in [0, 0.05) is 17.2 Å². The molecular weight excluding hydrogens is 362 g/mol. The Hall–Kier alpha value is -1.92. The van der Waals surface area contributed by atoms with Gasteiger partial charge in [0.05, 0.1) is 15.0 Å². The molecule has 5 nitrogen and oxygen atoms in total. The van der Waals surface area contributed by atoms with Crippen LogP contribution in [0.5, 0.6) is 11.5 Å². The van der Waals surface area contributed by atoms with Gasteiger partial charge in [-0.05, 0) is 47.1 Å². The third kappa shape index (κ3) is 3.59. The maximum absolute atomic E-state index is 11.6. The average molecular weight is 371 g/mol. The van der Waals surface area contributed by atoms with E-state index in [-0.39, 0.29) is 22.8 Å². The zero-order chi connectivity index (χ0) is 15.6. The summed E-state index contributed by atoms with van der Waals surface area (Å²) in [4.78, 5) is 21.8. The number of nitro groups is 1. The summed E-state index contributed by atoms with van der Waals surface area (Å²) >= 11 is 9.14. The standard InChI is InChI=1S/C14H9BrClNO4/c1-8(18)11-7-10(17(19)20)3-5-13(11)21-14-4-2-9(16)6-12(14)15/h2-7H,1H3. The number of halogens is 2. The van der Waals surface area contributed by atoms with E-state index in [4.69, 9.17) is 16.3 Å². The van der Waals surface area contributed by atoms with Crippen molar-refractivity contribution in [2.45, 2.75) is 6.92 Å². The van der Waals surface area contributed by atoms with E-state index in [2.05, 4.69) is 15.9 Å². The SMILES string of the molecule is CC(=O)c1cc([N+](=O)[O-])ccc1Oc1ccc(Cl)cc1Br. The highest BCUT2D eigenvalue weighted by Gasteiger charge is 2.16. The second-order valence-electron chi connectivity index (χ2n) is 4.17. The van der Waals surface area contributed by atoms with Gasteiger partial charge >= 0.3 is 0 Å². The monoisotopic (exact) mass is 369 g/mol. The van der Waals surface area contributed by atoms with Gasteiger partial charge in [0.25, 0.3) is 5.69 Å². The van der Waals surface area contributed by atoms with E-state index in [1.165, 1.54) is 25.1 Å². The quantitative estimate of drug-likeness (QED) is 0.431. The first-order chi connectivity index (χ1) is 9.88. The lowest BCUT2D eigenvalue weighted by Gasteiger charge is -2.11. The summed E-state index contributed by atoms with van der Waals surface area (Å²) in [6, 6.07) is 8.80. The Balaban J connectivity index is 2.44. The summed E-state index contributed by atoms with van der Waals surface area (Å²) in [7, 11) is 0. The lowest BCUT2D eigenvalue weighted by atomic mass is 10.1. The minimum Gasteiger partial charge on any atom is -0.455 e. The molecule has 21 heavy (non-hydrogen) atoms. The van der Waals surface area contributed by atoms with Crippen LogP contribution in [0.25, 0.3) is 0 Å². The number of hydrogen-bond donors (Lipinski definition) is 0. The Bertz CT molecular complexity index is 733. The molecule has 0 N–H and O–H groups in total. The zero-order valence-corrected chi connectivity index (χ0v) is 13.1. The maximum Gasteiger partial charge on any atom is 0.270 e. The number of nitrogens with zero attached hydrogens (tertiary/aromatic N) is 1. The topological polar surface area (TPSA) is 69.4 Å². The number of ether oxygens (including phenoxy) is 1. The van der Waals surface area contributed by atoms with Crippen molar-refractivity contribution in [1.29, 1.82) is 0 Å². The largest absolute Gasteiger partial charge is 0.455 e. The zero-order valence-electron chi connectivity index (χ0n) is 10.8. The molecule has 0 aliphatic carbocycles. The van der Waals surface area contributed by atoms with Gasteiger partial charge in [-0.1, -0.05) is 11.6 Å². The summed E-state index contributed by atoms with van der Waals surface area (Å²) in [6.45, 7) is 1.32. The van der Waals surface area contributed by atoms with Gasteiger partial charge in [-0.15, -0.1) is 0 Å². The number of nitro benzene ring substituents is 1. The highest BCUT2D eigenvalue weighted by Crippen LogP contribution is 2.34. The third-order valence-corrected chi connectivity index (χ3v) is 3.52. The lowest BCUT2D eigenvalue weighted by molar-refractivity contribution is -0.384. The number of Topliss-reactive ketones (excluding diaryl/α,β-unsaturated/α-hetero) is 1. The molecule has 0 aliphatic rings. The fraction of sp³-hybridized carbons (Fsp3) is 0.0714. The summed E-state index contributed by atoms with van der Waals surface area (Å²) in [5.41, 5.74) is -0.0197. The van der Waals surface area contributed by atoms with Crippen LogP contribution in [0.2, 0.25) is 5.02 Å². The molecular formula is C14H9BrClNO4. The molecule has 2 aromatic carbocycles. The number of ketones is 1. The molecule has 0 radical (unpaired) electrons. The number of benzene rings is 2. The molecule has 0 aliphatic heterocycles. The van der Waals surface area contributed by atoms with E-state index in [9.17, 15) is 14.9 Å². The van der Waals surface area contributed by atoms with Gasteiger partial charge in [0.1, 0.15) is 11.5 Å². The van der Waals surface area contributed by atoms with Crippen LogP contribution in [-0.4, -0.2) is 10.7 Å². The maximum atomic E-state index is 11.6. The van der Waals surface area contributed by atoms with Crippen molar-refractivity contribution in [1.82, 2.24) is 0 Å². The van der Waals surface area contributed by atoms with Crippen molar-refractivity contribution >= 4 is 39.0 Å². The fourth-order valence-electron chi connectivity index (χ4n) is 1.67. The van der Waals surface area contributed by atoms with Gasteiger partial charge in [-0.3, -0.25) is 14.9 Å². The Labute approximate surface area is 133 Å². The van der Waals surface area contributed by atoms with Crippen LogP contribution in [0.15, 0.2) is 40.9 Å². The number of non-ortho nitro benzene ring substituents is 1. The molecule has 0 aromatic heterocycles. The number of carbonyl (C=O) groups is 1. The van der Waals surface area contributed by atoms with Crippen LogP contribution in [0, 0.1) is 10.1 Å². The van der Waals surface area contributed by atoms with Gasteiger partial charge in [-0.2, -0.15) is 0 Å². The lowest BCUT2D eigenvalue weighted by Crippen LogP contribution is -1.99. The second kappa shape index (κ2) is 6.24. The molecule has 0 spiro atoms. The van der Waals surface area contributed by atoms with Gasteiger partial charge < -0.3 is 4.74 Å². The Morgan fingerprint density at radius 3 is 2.48 bits per heavy atom. The molecule has 108 valence electrons. The predicted molar refractivity (Wildman–Crippen MR) is 82.3 cm³/mol. The van der Waals surface area contributed by atoms with Crippen LogP contribution in [-0.2, 0) is 0 Å². The van der Waals surface area contributed by atoms with Crippen molar-refractivity contribution in [2.24, 2.45) is 0 Å². The van der Waals surface area contributed by atoms with Crippen molar-refractivity contribution in [3.63, 3.8) is 0 Å². The van der Waals surface area contributed by atoms with Gasteiger partial charge in [-0.25, -0.2) is 0 Å². The van der Waals surface area contributed by atoms with Crippen LogP contribution >= 0.6 is 27.5 Å². The normalized spacial score (nSPS) is 10.2. The summed E-state index contributed by atoms with van der Waals surface area (Å²) in [5, 5.41) is 11.3. The first-order valence-corrected chi connectivity index (χ1v) is 6.98. The van der Waals surface area contributed by atoms with Crippen LogP contribution in [0.3, 0.4) is 0 Å². The number of hydrogen-bond acceptors (Lipinski definition) is 4. The van der Waals surface area contributed by atoms with Gasteiger partial charge in [0.15, 0.2) is 5.78 Å². The molecule has 0 saturated carbocycles. The van der Waals surface area contributed by atoms with E-state index >= 15 is 0 Å². The molecule has 2 aromatic rings. The number of carbonyl (C=O) groups excluding carboxylic acids is 1. The third-order valence-electron chi connectivity index (χ3n) is 2.67. The molecule has 0 unspecified atom stereocenters. The number of rotatable bonds is 4. The van der Waals surface area contributed by atoms with Crippen LogP contribution < -0.4 is 4.74 Å². The predicted octanol–water partition coefficient (Wildman–Crippen LogP) is 5.01. The van der Waals surface area contributed by atoms with E-state index in [0.29, 0.717) is 15.2 Å². The molecule has 2 rings (SSSR count). The minimum absolute atomic E-state index is 0.144. The van der Waals surface area contributed by atoms with Crippen molar-refractivity contribution in [3.8, 4) is 11.5 Å². The van der Waals surface area contributed by atoms with Gasteiger partial charge in [0.2, 0.25) is 0 Å². The molecule has 0 saturated heterocycles. The molecule has 0 fully saturated rings. The van der Waals surface area contributed by atoms with Crippen molar-refractivity contribution in [3.05, 3.63) is 61.6 Å². The molecule has 0 heterocycles. The highest BCUT2D eigenvalue weighted by atomic mass is 79.9. The van der Waals surface area contributed by atoms with Crippen molar-refractivity contribution < 1.29 is 14.5 Å². The Morgan fingerprint density at radius 1 is 1.24 bits per heavy atom. The van der Waals surface area contributed by atoms with E-state index in [1.54, 1.807) is 18.2 Å². The average Bonchev–Trinajstić information content (AvgIpc) is 2.41. The summed E-state index contributed by atoms with van der Waals surface area (Å²) in [5.74, 6) is 0.380. The fourth-order valence-corrected chi connectivity index (χ4v) is 2.44. The smallest absolute Gasteiger partial charge is 0.270 e. The Kier molecular flexibility index (Phi) is 4.59. The van der Waals surface area contributed by atoms with Crippen LogP contribution in [0.1, 0.15) is 17.3 Å². The first kappa shape index (κ1) is 15.5. The van der Waals surface area contributed by atoms with E-state index < -0.39 is 4.92 Å². The van der Waals surface area contributed by atoms with E-state index in [0.717, 1.165) is 0 Å². The van der Waals surface area contributed by atoms with Crippen molar-refractivity contribution in [2.75, 3.05) is 0 Å². The molecule has 0 bridgehead atoms. The van der Waals surface area contributed by atoms with Crippen LogP contribution in [0.4, 0.5) is 5.69 Å². The molecule has 0 amide bonds. The second-order valence-corrected chi connectivity index (χ2v) is 5.46. The van der Waals surface area contributed by atoms with E-state index in [1.807, 2.05) is 0 Å². The highest BCUT2D eigenvalue weighted by molar-refractivity contribution is 9.10. The molecule has 0 atom stereocenters.